The van der Waals surface area contributed by atoms with E-state index in [1.807, 2.05) is 18.3 Å². The number of imidazole rings is 1. The molecule has 3 aromatic rings. The third-order valence-electron chi connectivity index (χ3n) is 5.07. The summed E-state index contributed by atoms with van der Waals surface area (Å²) < 4.78 is 2.10. The van der Waals surface area contributed by atoms with Gasteiger partial charge in [-0.05, 0) is 42.0 Å². The molecule has 0 amide bonds. The van der Waals surface area contributed by atoms with E-state index in [0.717, 1.165) is 11.3 Å². The summed E-state index contributed by atoms with van der Waals surface area (Å²) in [4.78, 5) is 8.99. The highest BCUT2D eigenvalue weighted by Gasteiger charge is 2.60. The van der Waals surface area contributed by atoms with Crippen LogP contribution in [0.3, 0.4) is 0 Å². The van der Waals surface area contributed by atoms with Crippen LogP contribution in [0.5, 0.6) is 0 Å². The largest absolute Gasteiger partial charge is 0.301 e. The van der Waals surface area contributed by atoms with Crippen LogP contribution in [0.1, 0.15) is 42.6 Å². The van der Waals surface area contributed by atoms with Crippen LogP contribution >= 0.6 is 23.2 Å². The number of fused-ring (bicyclic) bond motifs is 1. The maximum atomic E-state index is 6.19. The molecule has 3 nitrogen and oxygen atoms in total. The van der Waals surface area contributed by atoms with Gasteiger partial charge in [0.15, 0.2) is 5.65 Å². The van der Waals surface area contributed by atoms with Crippen LogP contribution in [0.2, 0.25) is 10.0 Å². The first-order valence-electron chi connectivity index (χ1n) is 7.64. The van der Waals surface area contributed by atoms with Gasteiger partial charge in [0.1, 0.15) is 0 Å². The molecule has 2 aromatic heterocycles. The second-order valence-electron chi connectivity index (χ2n) is 6.87. The van der Waals surface area contributed by atoms with E-state index in [4.69, 9.17) is 28.2 Å². The van der Waals surface area contributed by atoms with E-state index < -0.39 is 0 Å². The maximum Gasteiger partial charge on any atom is 0.155 e. The average Bonchev–Trinajstić information content (AvgIpc) is 2.89. The van der Waals surface area contributed by atoms with Crippen LogP contribution < -0.4 is 0 Å². The van der Waals surface area contributed by atoms with Gasteiger partial charge in [-0.2, -0.15) is 0 Å². The van der Waals surface area contributed by atoms with E-state index >= 15 is 0 Å². The minimum Gasteiger partial charge on any atom is -0.301 e. The Labute approximate surface area is 145 Å². The van der Waals surface area contributed by atoms with Crippen molar-refractivity contribution in [3.63, 3.8) is 0 Å². The van der Waals surface area contributed by atoms with Crippen LogP contribution in [0, 0.1) is 12.3 Å². The van der Waals surface area contributed by atoms with Crippen molar-refractivity contribution in [3.8, 4) is 0 Å². The minimum absolute atomic E-state index is 0.129. The van der Waals surface area contributed by atoms with Crippen molar-refractivity contribution >= 4 is 28.8 Å². The van der Waals surface area contributed by atoms with Crippen molar-refractivity contribution in [2.75, 3.05) is 0 Å². The molecule has 5 heteroatoms. The van der Waals surface area contributed by atoms with Gasteiger partial charge < -0.3 is 4.40 Å². The van der Waals surface area contributed by atoms with Crippen molar-refractivity contribution in [2.45, 2.75) is 32.6 Å². The number of nitrogens with zero attached hydrogens (tertiary/aromatic N) is 3. The van der Waals surface area contributed by atoms with Crippen LogP contribution in [-0.4, -0.2) is 14.4 Å². The van der Waals surface area contributed by atoms with Gasteiger partial charge in [0.25, 0.3) is 0 Å². The molecule has 0 radical (unpaired) electrons. The lowest BCUT2D eigenvalue weighted by Crippen LogP contribution is -1.93. The average molecular weight is 346 g/mol. The summed E-state index contributed by atoms with van der Waals surface area (Å²) in [5, 5.41) is 1.37. The number of halogens is 2. The van der Waals surface area contributed by atoms with Gasteiger partial charge in [0.2, 0.25) is 0 Å². The van der Waals surface area contributed by atoms with Crippen molar-refractivity contribution in [1.82, 2.24) is 14.4 Å². The highest BCUT2D eigenvalue weighted by atomic mass is 35.5. The molecular weight excluding hydrogens is 329 g/mol. The van der Waals surface area contributed by atoms with E-state index in [1.165, 1.54) is 11.3 Å². The standard InChI is InChI=1S/C18H17Cl2N3/c1-10-17(22-14-9-21-4-5-23(10)14)16-15(18(16,2)3)11-6-12(19)8-13(20)7-11/h4-9,15-16H,1-3H3. The molecule has 0 spiro atoms. The van der Waals surface area contributed by atoms with Gasteiger partial charge in [-0.3, -0.25) is 4.98 Å². The summed E-state index contributed by atoms with van der Waals surface area (Å²) in [5.41, 5.74) is 4.53. The normalized spacial score (nSPS) is 22.5. The highest BCUT2D eigenvalue weighted by molar-refractivity contribution is 6.34. The maximum absolute atomic E-state index is 6.19. The molecule has 0 N–H and O–H groups in total. The third kappa shape index (κ3) is 2.26. The molecule has 1 aromatic carbocycles. The Balaban J connectivity index is 1.81. The zero-order valence-electron chi connectivity index (χ0n) is 13.2. The molecule has 2 heterocycles. The fourth-order valence-corrected chi connectivity index (χ4v) is 4.41. The number of rotatable bonds is 2. The predicted molar refractivity (Wildman–Crippen MR) is 93.4 cm³/mol. The number of aryl methyl sites for hydroxylation is 1. The summed E-state index contributed by atoms with van der Waals surface area (Å²) in [6, 6.07) is 5.82. The number of hydrogen-bond donors (Lipinski definition) is 0. The summed E-state index contributed by atoms with van der Waals surface area (Å²) in [7, 11) is 0. The van der Waals surface area contributed by atoms with Gasteiger partial charge in [-0.25, -0.2) is 4.98 Å². The Bertz CT molecular complexity index is 894. The first-order valence-corrected chi connectivity index (χ1v) is 8.40. The van der Waals surface area contributed by atoms with E-state index in [-0.39, 0.29) is 5.41 Å². The third-order valence-corrected chi connectivity index (χ3v) is 5.51. The monoisotopic (exact) mass is 345 g/mol. The van der Waals surface area contributed by atoms with Crippen molar-refractivity contribution < 1.29 is 0 Å². The number of aromatic nitrogens is 3. The second kappa shape index (κ2) is 4.96. The lowest BCUT2D eigenvalue weighted by molar-refractivity contribution is 0.597. The summed E-state index contributed by atoms with van der Waals surface area (Å²) in [6.45, 7) is 6.67. The van der Waals surface area contributed by atoms with Crippen molar-refractivity contribution in [2.24, 2.45) is 5.41 Å². The molecular formula is C18H17Cl2N3. The first kappa shape index (κ1) is 15.0. The van der Waals surface area contributed by atoms with Gasteiger partial charge in [-0.1, -0.05) is 37.0 Å². The van der Waals surface area contributed by atoms with Crippen LogP contribution in [0.4, 0.5) is 0 Å². The summed E-state index contributed by atoms with van der Waals surface area (Å²) in [6.07, 6.45) is 5.55. The first-order chi connectivity index (χ1) is 10.9. The molecule has 23 heavy (non-hydrogen) atoms. The Morgan fingerprint density at radius 3 is 2.43 bits per heavy atom. The molecule has 118 valence electrons. The van der Waals surface area contributed by atoms with Gasteiger partial charge in [0.05, 0.1) is 11.9 Å². The van der Waals surface area contributed by atoms with Gasteiger partial charge >= 0.3 is 0 Å². The fourth-order valence-electron chi connectivity index (χ4n) is 3.87. The topological polar surface area (TPSA) is 30.2 Å². The van der Waals surface area contributed by atoms with E-state index in [1.54, 1.807) is 18.5 Å². The van der Waals surface area contributed by atoms with E-state index in [2.05, 4.69) is 30.2 Å². The zero-order valence-corrected chi connectivity index (χ0v) is 14.7. The highest BCUT2D eigenvalue weighted by Crippen LogP contribution is 2.70. The van der Waals surface area contributed by atoms with Crippen LogP contribution in [-0.2, 0) is 0 Å². The number of benzene rings is 1. The molecule has 1 aliphatic rings. The predicted octanol–water partition coefficient (Wildman–Crippen LogP) is 5.25. The molecule has 1 fully saturated rings. The Morgan fingerprint density at radius 1 is 1.09 bits per heavy atom. The second-order valence-corrected chi connectivity index (χ2v) is 7.74. The van der Waals surface area contributed by atoms with Gasteiger partial charge in [-0.15, -0.1) is 0 Å². The lowest BCUT2D eigenvalue weighted by Gasteiger charge is -2.04. The summed E-state index contributed by atoms with van der Waals surface area (Å²) in [5.74, 6) is 0.729. The molecule has 0 aliphatic heterocycles. The van der Waals surface area contributed by atoms with E-state index in [9.17, 15) is 0 Å². The molecule has 2 unspecified atom stereocenters. The lowest BCUT2D eigenvalue weighted by atomic mass is 10.0. The minimum atomic E-state index is 0.129. The van der Waals surface area contributed by atoms with Crippen molar-refractivity contribution in [3.05, 3.63) is 63.8 Å². The Kier molecular flexibility index (Phi) is 3.23. The Morgan fingerprint density at radius 2 is 1.78 bits per heavy atom. The van der Waals surface area contributed by atoms with E-state index in [0.29, 0.717) is 21.9 Å². The SMILES string of the molecule is Cc1c(C2C(c3cc(Cl)cc(Cl)c3)C2(C)C)nc2cnccn12. The zero-order chi connectivity index (χ0) is 16.4. The van der Waals surface area contributed by atoms with Crippen LogP contribution in [0.25, 0.3) is 5.65 Å². The smallest absolute Gasteiger partial charge is 0.155 e. The van der Waals surface area contributed by atoms with Crippen molar-refractivity contribution in [1.29, 1.82) is 0 Å². The summed E-state index contributed by atoms with van der Waals surface area (Å²) >= 11 is 12.4. The molecule has 0 bridgehead atoms. The van der Waals surface area contributed by atoms with Crippen LogP contribution in [0.15, 0.2) is 36.8 Å². The molecule has 1 saturated carbocycles. The molecule has 2 atom stereocenters. The molecule has 0 saturated heterocycles. The Hall–Kier alpha value is -1.58. The molecule has 4 rings (SSSR count). The molecule has 1 aliphatic carbocycles. The quantitative estimate of drug-likeness (QED) is 0.634. The fraction of sp³-hybridized carbons (Fsp3) is 0.333. The van der Waals surface area contributed by atoms with Gasteiger partial charge in [0, 0.05) is 34.1 Å². The number of hydrogen-bond acceptors (Lipinski definition) is 2.